The van der Waals surface area contributed by atoms with Crippen molar-refractivity contribution >= 4 is 35.1 Å². The minimum absolute atomic E-state index is 0.0442. The van der Waals surface area contributed by atoms with Gasteiger partial charge in [0.05, 0.1) is 19.5 Å². The first-order chi connectivity index (χ1) is 14.6. The zero-order valence-electron chi connectivity index (χ0n) is 15.9. The summed E-state index contributed by atoms with van der Waals surface area (Å²) in [4.78, 5) is 23.4. The second kappa shape index (κ2) is 10.1. The van der Waals surface area contributed by atoms with E-state index < -0.39 is 5.56 Å². The molecule has 0 aliphatic heterocycles. The van der Waals surface area contributed by atoms with Gasteiger partial charge in [-0.1, -0.05) is 29.8 Å². The second-order valence-corrected chi connectivity index (χ2v) is 6.29. The molecule has 154 valence electrons. The highest BCUT2D eigenvalue weighted by molar-refractivity contribution is 6.32. The summed E-state index contributed by atoms with van der Waals surface area (Å²) < 4.78 is 10.9. The largest absolute Gasteiger partial charge is 0.493 e. The minimum Gasteiger partial charge on any atom is -0.493 e. The predicted molar refractivity (Wildman–Crippen MR) is 115 cm³/mol. The highest BCUT2D eigenvalue weighted by Gasteiger charge is 2.09. The number of carbonyl (C=O) groups is 1. The van der Waals surface area contributed by atoms with Crippen LogP contribution in [0.4, 0.5) is 11.4 Å². The summed E-state index contributed by atoms with van der Waals surface area (Å²) in [6, 6.07) is 14.2. The molecule has 0 aliphatic rings. The number of hydrogen-bond donors (Lipinski definition) is 3. The fraction of sp³-hybridized carbons (Fsp3) is 0.100. The molecule has 1 heterocycles. The highest BCUT2D eigenvalue weighted by atomic mass is 35.5. The lowest BCUT2D eigenvalue weighted by Crippen LogP contribution is -2.20. The molecule has 30 heavy (non-hydrogen) atoms. The third kappa shape index (κ3) is 5.58. The van der Waals surface area contributed by atoms with E-state index in [9.17, 15) is 9.59 Å². The molecule has 0 aliphatic carbocycles. The van der Waals surface area contributed by atoms with Crippen LogP contribution < -0.4 is 25.8 Å². The summed E-state index contributed by atoms with van der Waals surface area (Å²) in [6.07, 6.45) is 2.85. The van der Waals surface area contributed by atoms with Crippen LogP contribution >= 0.6 is 11.6 Å². The number of nitrogens with one attached hydrogen (secondary N) is 3. The second-order valence-electron chi connectivity index (χ2n) is 5.91. The van der Waals surface area contributed by atoms with E-state index in [1.165, 1.54) is 19.5 Å². The molecule has 0 bridgehead atoms. The van der Waals surface area contributed by atoms with E-state index in [4.69, 9.17) is 21.1 Å². The lowest BCUT2D eigenvalue weighted by atomic mass is 10.2. The lowest BCUT2D eigenvalue weighted by molar-refractivity contribution is -0.118. The van der Waals surface area contributed by atoms with E-state index in [0.717, 1.165) is 0 Å². The van der Waals surface area contributed by atoms with Crippen LogP contribution in [0.1, 0.15) is 5.56 Å². The number of H-pyrrole nitrogens is 1. The number of ether oxygens (including phenoxy) is 2. The third-order valence-electron chi connectivity index (χ3n) is 3.80. The minimum atomic E-state index is -0.517. The van der Waals surface area contributed by atoms with Gasteiger partial charge in [0.1, 0.15) is 10.7 Å². The molecule has 0 atom stereocenters. The molecule has 2 aromatic carbocycles. The Morgan fingerprint density at radius 3 is 2.80 bits per heavy atom. The number of nitrogens with zero attached hydrogens (tertiary/aromatic N) is 2. The van der Waals surface area contributed by atoms with Crippen LogP contribution in [0, 0.1) is 0 Å². The zero-order valence-corrected chi connectivity index (χ0v) is 16.6. The highest BCUT2D eigenvalue weighted by Crippen LogP contribution is 2.27. The fourth-order valence-electron chi connectivity index (χ4n) is 2.38. The molecule has 0 spiro atoms. The SMILES string of the molecule is COc1cc(/C=N/Nc2cn[nH]c(=O)c2Cl)ccc1OCC(=O)Nc1ccccc1. The van der Waals surface area contributed by atoms with Crippen LogP contribution in [-0.4, -0.2) is 36.0 Å². The van der Waals surface area contributed by atoms with Gasteiger partial charge in [0.15, 0.2) is 18.1 Å². The Morgan fingerprint density at radius 2 is 2.03 bits per heavy atom. The van der Waals surface area contributed by atoms with Crippen LogP contribution in [0.3, 0.4) is 0 Å². The van der Waals surface area contributed by atoms with Crippen LogP contribution in [-0.2, 0) is 4.79 Å². The van der Waals surface area contributed by atoms with Gasteiger partial charge in [-0.3, -0.25) is 15.0 Å². The summed E-state index contributed by atoms with van der Waals surface area (Å²) in [5.74, 6) is 0.552. The maximum atomic E-state index is 12.0. The van der Waals surface area contributed by atoms with Crippen molar-refractivity contribution in [3.63, 3.8) is 0 Å². The number of hydrazone groups is 1. The number of para-hydroxylation sites is 1. The molecule has 0 saturated carbocycles. The molecule has 1 aromatic heterocycles. The zero-order chi connectivity index (χ0) is 21.3. The number of halogens is 1. The average Bonchev–Trinajstić information content (AvgIpc) is 2.76. The van der Waals surface area contributed by atoms with Gasteiger partial charge in [-0.2, -0.15) is 10.2 Å². The van der Waals surface area contributed by atoms with Crippen molar-refractivity contribution in [1.29, 1.82) is 0 Å². The smallest absolute Gasteiger partial charge is 0.285 e. The maximum absolute atomic E-state index is 12.0. The Bertz CT molecular complexity index is 1100. The van der Waals surface area contributed by atoms with E-state index in [2.05, 4.69) is 26.0 Å². The summed E-state index contributed by atoms with van der Waals surface area (Å²) in [7, 11) is 1.49. The molecule has 0 radical (unpaired) electrons. The molecule has 3 N–H and O–H groups in total. The standard InChI is InChI=1S/C20H18ClN5O4/c1-29-17-9-13(10-22-25-15-11-23-26-20(28)19(15)21)7-8-16(17)30-12-18(27)24-14-5-3-2-4-6-14/h2-11H,12H2,1H3,(H,24,27)(H2,25,26,28)/b22-10+. The Kier molecular flexibility index (Phi) is 7.01. The Hall–Kier alpha value is -3.85. The molecule has 9 nitrogen and oxygen atoms in total. The number of aromatic amines is 1. The summed E-state index contributed by atoms with van der Waals surface area (Å²) in [6.45, 7) is -0.172. The van der Waals surface area contributed by atoms with Gasteiger partial charge in [-0.05, 0) is 35.9 Å². The number of rotatable bonds is 8. The van der Waals surface area contributed by atoms with Crippen LogP contribution in [0.15, 0.2) is 64.6 Å². The van der Waals surface area contributed by atoms with Gasteiger partial charge in [0, 0.05) is 5.69 Å². The molecule has 1 amide bonds. The number of hydrogen-bond acceptors (Lipinski definition) is 7. The molecule has 3 rings (SSSR count). The van der Waals surface area contributed by atoms with Crippen molar-refractivity contribution in [3.05, 3.63) is 75.7 Å². The van der Waals surface area contributed by atoms with Crippen LogP contribution in [0.25, 0.3) is 0 Å². The van der Waals surface area contributed by atoms with E-state index in [-0.39, 0.29) is 23.2 Å². The number of aromatic nitrogens is 2. The van der Waals surface area contributed by atoms with Gasteiger partial charge < -0.3 is 14.8 Å². The molecule has 3 aromatic rings. The van der Waals surface area contributed by atoms with E-state index in [0.29, 0.717) is 22.7 Å². The first kappa shape index (κ1) is 20.9. The predicted octanol–water partition coefficient (Wildman–Crippen LogP) is 2.90. The maximum Gasteiger partial charge on any atom is 0.285 e. The Morgan fingerprint density at radius 1 is 1.23 bits per heavy atom. The summed E-state index contributed by atoms with van der Waals surface area (Å²) >= 11 is 5.87. The average molecular weight is 428 g/mol. The van der Waals surface area contributed by atoms with Crippen molar-refractivity contribution in [2.45, 2.75) is 0 Å². The van der Waals surface area contributed by atoms with Gasteiger partial charge in [0.2, 0.25) is 0 Å². The first-order valence-electron chi connectivity index (χ1n) is 8.75. The van der Waals surface area contributed by atoms with E-state index >= 15 is 0 Å². The van der Waals surface area contributed by atoms with Crippen molar-refractivity contribution in [2.24, 2.45) is 5.10 Å². The quantitative estimate of drug-likeness (QED) is 0.376. The molecular weight excluding hydrogens is 410 g/mol. The summed E-state index contributed by atoms with van der Waals surface area (Å²) in [5.41, 5.74) is 3.78. The normalized spacial score (nSPS) is 10.6. The number of anilines is 2. The van der Waals surface area contributed by atoms with Gasteiger partial charge in [-0.25, -0.2) is 5.10 Å². The molecule has 10 heteroatoms. The Labute approximate surface area is 176 Å². The monoisotopic (exact) mass is 427 g/mol. The van der Waals surface area contributed by atoms with Gasteiger partial charge in [0.25, 0.3) is 11.5 Å². The molecular formula is C20H18ClN5O4. The molecule has 0 fully saturated rings. The number of methoxy groups -OCH3 is 1. The van der Waals surface area contributed by atoms with Gasteiger partial charge >= 0.3 is 0 Å². The van der Waals surface area contributed by atoms with Crippen molar-refractivity contribution < 1.29 is 14.3 Å². The number of carbonyl (C=O) groups excluding carboxylic acids is 1. The van der Waals surface area contributed by atoms with E-state index in [1.54, 1.807) is 30.3 Å². The van der Waals surface area contributed by atoms with E-state index in [1.807, 2.05) is 18.2 Å². The van der Waals surface area contributed by atoms with Crippen molar-refractivity contribution in [1.82, 2.24) is 10.2 Å². The van der Waals surface area contributed by atoms with Crippen molar-refractivity contribution in [2.75, 3.05) is 24.5 Å². The van der Waals surface area contributed by atoms with Crippen LogP contribution in [0.2, 0.25) is 5.02 Å². The first-order valence-corrected chi connectivity index (χ1v) is 9.12. The molecule has 0 saturated heterocycles. The Balaban J connectivity index is 1.60. The molecule has 0 unspecified atom stereocenters. The summed E-state index contributed by atoms with van der Waals surface area (Å²) in [5, 5.41) is 12.6. The van der Waals surface area contributed by atoms with Gasteiger partial charge in [-0.15, -0.1) is 0 Å². The number of amides is 1. The fourth-order valence-corrected chi connectivity index (χ4v) is 2.52. The van der Waals surface area contributed by atoms with Crippen molar-refractivity contribution in [3.8, 4) is 11.5 Å². The topological polar surface area (TPSA) is 118 Å². The number of benzene rings is 2. The third-order valence-corrected chi connectivity index (χ3v) is 4.17. The lowest BCUT2D eigenvalue weighted by Gasteiger charge is -2.11. The van der Waals surface area contributed by atoms with Crippen LogP contribution in [0.5, 0.6) is 11.5 Å².